The smallest absolute Gasteiger partial charge is 0.317 e. The Morgan fingerprint density at radius 3 is 1.87 bits per heavy atom. The predicted octanol–water partition coefficient (Wildman–Crippen LogP) is 2.99. The van der Waals surface area contributed by atoms with Crippen LogP contribution in [0.2, 0.25) is 0 Å². The molecule has 0 heterocycles. The summed E-state index contributed by atoms with van der Waals surface area (Å²) in [6.45, 7) is -0.0728. The van der Waals surface area contributed by atoms with E-state index in [1.165, 1.54) is 24.3 Å². The van der Waals surface area contributed by atoms with Gasteiger partial charge in [0.05, 0.1) is 20.8 Å². The highest BCUT2D eigenvalue weighted by molar-refractivity contribution is 5.53. The molecule has 0 bridgehead atoms. The summed E-state index contributed by atoms with van der Waals surface area (Å²) in [6.07, 6.45) is 0. The minimum Gasteiger partial charge on any atom is -0.482 e. The average Bonchev–Trinajstić information content (AvgIpc) is 2.52. The first-order chi connectivity index (χ1) is 10.9. The Kier molecular flexibility index (Phi) is 4.45. The normalized spacial score (nSPS) is 10.1. The van der Waals surface area contributed by atoms with Gasteiger partial charge in [0.2, 0.25) is 0 Å². The second-order valence-electron chi connectivity index (χ2n) is 4.38. The molecule has 0 radical (unpaired) electrons. The summed E-state index contributed by atoms with van der Waals surface area (Å²) in [7, 11) is 0. The molecule has 10 heteroatoms. The molecular formula is C13H9N3O7. The molecular weight excluding hydrogens is 310 g/mol. The van der Waals surface area contributed by atoms with Gasteiger partial charge in [0, 0.05) is 18.2 Å². The maximum atomic E-state index is 11.0. The minimum atomic E-state index is -0.780. The van der Waals surface area contributed by atoms with E-state index in [0.29, 0.717) is 5.56 Å². The largest absolute Gasteiger partial charge is 0.482 e. The molecule has 23 heavy (non-hydrogen) atoms. The summed E-state index contributed by atoms with van der Waals surface area (Å²) in [5, 5.41) is 32.1. The van der Waals surface area contributed by atoms with Crippen LogP contribution in [-0.4, -0.2) is 14.8 Å². The Hall–Kier alpha value is -3.56. The molecule has 0 amide bonds. The van der Waals surface area contributed by atoms with E-state index in [4.69, 9.17) is 4.74 Å². The summed E-state index contributed by atoms with van der Waals surface area (Å²) in [5.41, 5.74) is -0.473. The van der Waals surface area contributed by atoms with Crippen LogP contribution in [0, 0.1) is 30.3 Å². The Morgan fingerprint density at radius 2 is 1.35 bits per heavy atom. The number of non-ortho nitro benzene ring substituents is 2. The SMILES string of the molecule is O=[N+]([O-])c1ccc(COc2ccc([N+](=O)[O-])cc2[N+](=O)[O-])cc1. The van der Waals surface area contributed by atoms with Crippen molar-refractivity contribution in [2.24, 2.45) is 0 Å². The predicted molar refractivity (Wildman–Crippen MR) is 77.2 cm³/mol. The van der Waals surface area contributed by atoms with Crippen molar-refractivity contribution in [3.8, 4) is 5.75 Å². The number of ether oxygens (including phenoxy) is 1. The summed E-state index contributed by atoms with van der Waals surface area (Å²) in [5.74, 6) is -0.126. The number of hydrogen-bond donors (Lipinski definition) is 0. The average molecular weight is 319 g/mol. The molecule has 0 aromatic heterocycles. The van der Waals surface area contributed by atoms with Gasteiger partial charge in [-0.2, -0.15) is 0 Å². The van der Waals surface area contributed by atoms with Gasteiger partial charge in [-0.05, 0) is 23.8 Å². The Morgan fingerprint density at radius 1 is 0.783 bits per heavy atom. The zero-order valence-electron chi connectivity index (χ0n) is 11.4. The molecule has 2 rings (SSSR count). The molecule has 118 valence electrons. The van der Waals surface area contributed by atoms with E-state index in [2.05, 4.69) is 0 Å². The van der Waals surface area contributed by atoms with Crippen LogP contribution in [0.25, 0.3) is 0 Å². The number of nitro groups is 3. The molecule has 0 spiro atoms. The van der Waals surface area contributed by atoms with Crippen molar-refractivity contribution in [2.45, 2.75) is 6.61 Å². The zero-order valence-corrected chi connectivity index (χ0v) is 11.4. The van der Waals surface area contributed by atoms with Gasteiger partial charge in [0.1, 0.15) is 6.61 Å². The zero-order chi connectivity index (χ0) is 17.0. The van der Waals surface area contributed by atoms with Crippen molar-refractivity contribution in [3.63, 3.8) is 0 Å². The van der Waals surface area contributed by atoms with E-state index in [1.807, 2.05) is 0 Å². The monoisotopic (exact) mass is 319 g/mol. The van der Waals surface area contributed by atoms with Crippen molar-refractivity contribution in [1.82, 2.24) is 0 Å². The third-order valence-electron chi connectivity index (χ3n) is 2.89. The van der Waals surface area contributed by atoms with Crippen LogP contribution >= 0.6 is 0 Å². The molecule has 0 unspecified atom stereocenters. The molecule has 0 aliphatic heterocycles. The second-order valence-corrected chi connectivity index (χ2v) is 4.38. The fourth-order valence-corrected chi connectivity index (χ4v) is 1.76. The van der Waals surface area contributed by atoms with Crippen LogP contribution in [0.5, 0.6) is 5.75 Å². The third kappa shape index (κ3) is 3.75. The Balaban J connectivity index is 2.18. The van der Waals surface area contributed by atoms with Crippen molar-refractivity contribution in [2.75, 3.05) is 0 Å². The van der Waals surface area contributed by atoms with Gasteiger partial charge in [0.25, 0.3) is 11.4 Å². The van der Waals surface area contributed by atoms with Gasteiger partial charge in [-0.15, -0.1) is 0 Å². The van der Waals surface area contributed by atoms with E-state index < -0.39 is 26.1 Å². The summed E-state index contributed by atoms with van der Waals surface area (Å²) in [6, 6.07) is 8.52. The van der Waals surface area contributed by atoms with E-state index in [1.54, 1.807) is 0 Å². The van der Waals surface area contributed by atoms with Crippen LogP contribution in [0.4, 0.5) is 17.1 Å². The molecule has 0 saturated heterocycles. The Bertz CT molecular complexity index is 774. The van der Waals surface area contributed by atoms with Gasteiger partial charge in [-0.3, -0.25) is 30.3 Å². The van der Waals surface area contributed by atoms with E-state index in [9.17, 15) is 30.3 Å². The highest BCUT2D eigenvalue weighted by Gasteiger charge is 2.20. The van der Waals surface area contributed by atoms with E-state index in [-0.39, 0.29) is 18.0 Å². The summed E-state index contributed by atoms with van der Waals surface area (Å²) in [4.78, 5) is 30.1. The quantitative estimate of drug-likeness (QED) is 0.589. The van der Waals surface area contributed by atoms with Crippen molar-refractivity contribution < 1.29 is 19.5 Å². The topological polar surface area (TPSA) is 139 Å². The first-order valence-corrected chi connectivity index (χ1v) is 6.17. The van der Waals surface area contributed by atoms with Crippen molar-refractivity contribution >= 4 is 17.1 Å². The van der Waals surface area contributed by atoms with Gasteiger partial charge in [0.15, 0.2) is 5.75 Å². The van der Waals surface area contributed by atoms with Gasteiger partial charge in [-0.1, -0.05) is 0 Å². The highest BCUT2D eigenvalue weighted by Crippen LogP contribution is 2.31. The first kappa shape index (κ1) is 15.8. The molecule has 0 aliphatic carbocycles. The lowest BCUT2D eigenvalue weighted by molar-refractivity contribution is -0.394. The third-order valence-corrected chi connectivity index (χ3v) is 2.89. The minimum absolute atomic E-state index is 0.0728. The van der Waals surface area contributed by atoms with Gasteiger partial charge >= 0.3 is 5.69 Å². The maximum Gasteiger partial charge on any atom is 0.317 e. The molecule has 0 saturated carbocycles. The standard InChI is InChI=1S/C13H9N3O7/c17-14(18)10-3-1-9(2-4-10)8-23-13-6-5-11(15(19)20)7-12(13)16(21)22/h1-7H,8H2. The summed E-state index contributed by atoms with van der Waals surface area (Å²) >= 11 is 0. The second kappa shape index (κ2) is 6.47. The molecule has 2 aromatic rings. The van der Waals surface area contributed by atoms with Crippen LogP contribution in [0.15, 0.2) is 42.5 Å². The van der Waals surface area contributed by atoms with Crippen molar-refractivity contribution in [1.29, 1.82) is 0 Å². The number of benzene rings is 2. The molecule has 10 nitrogen and oxygen atoms in total. The Labute approximate surface area is 128 Å². The fourth-order valence-electron chi connectivity index (χ4n) is 1.76. The molecule has 0 aliphatic rings. The highest BCUT2D eigenvalue weighted by atomic mass is 16.6. The number of nitro benzene ring substituents is 3. The molecule has 0 fully saturated rings. The molecule has 0 atom stereocenters. The van der Waals surface area contributed by atoms with Gasteiger partial charge < -0.3 is 4.74 Å². The van der Waals surface area contributed by atoms with Crippen LogP contribution in [-0.2, 0) is 6.61 Å². The summed E-state index contributed by atoms with van der Waals surface area (Å²) < 4.78 is 5.29. The first-order valence-electron chi connectivity index (χ1n) is 6.17. The number of nitrogens with zero attached hydrogens (tertiary/aromatic N) is 3. The lowest BCUT2D eigenvalue weighted by atomic mass is 10.2. The van der Waals surface area contributed by atoms with Crippen molar-refractivity contribution in [3.05, 3.63) is 78.4 Å². The number of rotatable bonds is 6. The van der Waals surface area contributed by atoms with E-state index >= 15 is 0 Å². The lowest BCUT2D eigenvalue weighted by Gasteiger charge is -2.06. The fraction of sp³-hybridized carbons (Fsp3) is 0.0769. The van der Waals surface area contributed by atoms with E-state index in [0.717, 1.165) is 18.2 Å². The van der Waals surface area contributed by atoms with Crippen LogP contribution < -0.4 is 4.74 Å². The maximum absolute atomic E-state index is 11.0. The molecule has 2 aromatic carbocycles. The lowest BCUT2D eigenvalue weighted by Crippen LogP contribution is -2.00. The van der Waals surface area contributed by atoms with Gasteiger partial charge in [-0.25, -0.2) is 0 Å². The molecule has 0 N–H and O–H groups in total. The van der Waals surface area contributed by atoms with Crippen LogP contribution in [0.3, 0.4) is 0 Å². The van der Waals surface area contributed by atoms with Crippen LogP contribution in [0.1, 0.15) is 5.56 Å². The number of hydrogen-bond acceptors (Lipinski definition) is 7.